The van der Waals surface area contributed by atoms with Crippen LogP contribution in [0.3, 0.4) is 0 Å². The van der Waals surface area contributed by atoms with Crippen molar-refractivity contribution in [3.63, 3.8) is 0 Å². The summed E-state index contributed by atoms with van der Waals surface area (Å²) < 4.78 is 0. The lowest BCUT2D eigenvalue weighted by atomic mass is 10.0. The number of carbonyl (C=O) groups excluding carboxylic acids is 1. The number of amides is 1. The van der Waals surface area contributed by atoms with Gasteiger partial charge in [0.05, 0.1) is 5.69 Å². The summed E-state index contributed by atoms with van der Waals surface area (Å²) in [7, 11) is 1.85. The van der Waals surface area contributed by atoms with Gasteiger partial charge in [0.25, 0.3) is 0 Å². The van der Waals surface area contributed by atoms with E-state index < -0.39 is 0 Å². The smallest absolute Gasteiger partial charge is 0.249 e. The van der Waals surface area contributed by atoms with Crippen LogP contribution in [0.1, 0.15) is 67.8 Å². The molecule has 182 valence electrons. The van der Waals surface area contributed by atoms with E-state index >= 15 is 0 Å². The first-order valence-electron chi connectivity index (χ1n) is 13.0. The highest BCUT2D eigenvalue weighted by molar-refractivity contribution is 5.98. The average molecular weight is 472 g/mol. The number of anilines is 4. The maximum Gasteiger partial charge on any atom is 0.249 e. The molecule has 0 spiro atoms. The van der Waals surface area contributed by atoms with Gasteiger partial charge in [-0.1, -0.05) is 31.0 Å². The van der Waals surface area contributed by atoms with Gasteiger partial charge in [0.15, 0.2) is 5.82 Å². The summed E-state index contributed by atoms with van der Waals surface area (Å²) >= 11 is 0. The molecule has 8 heteroatoms. The fraction of sp³-hybridized carbons (Fsp3) is 0.481. The predicted octanol–water partition coefficient (Wildman–Crippen LogP) is 4.72. The van der Waals surface area contributed by atoms with Crippen LogP contribution in [-0.4, -0.2) is 45.7 Å². The Morgan fingerprint density at radius 1 is 1.06 bits per heavy atom. The van der Waals surface area contributed by atoms with Crippen molar-refractivity contribution in [2.45, 2.75) is 69.7 Å². The van der Waals surface area contributed by atoms with Crippen molar-refractivity contribution < 1.29 is 4.79 Å². The van der Waals surface area contributed by atoms with Gasteiger partial charge in [-0.05, 0) is 57.1 Å². The van der Waals surface area contributed by atoms with E-state index in [1.54, 1.807) is 4.90 Å². The highest BCUT2D eigenvalue weighted by atomic mass is 16.2. The van der Waals surface area contributed by atoms with Crippen LogP contribution in [0.5, 0.6) is 0 Å². The van der Waals surface area contributed by atoms with Crippen LogP contribution in [0.4, 0.5) is 23.3 Å². The fourth-order valence-corrected chi connectivity index (χ4v) is 5.88. The summed E-state index contributed by atoms with van der Waals surface area (Å²) in [5, 5.41) is 11.3. The molecule has 3 aromatic rings. The van der Waals surface area contributed by atoms with Crippen LogP contribution in [0, 0.1) is 0 Å². The van der Waals surface area contributed by atoms with Crippen LogP contribution >= 0.6 is 0 Å². The minimum absolute atomic E-state index is 0.0841. The monoisotopic (exact) mass is 471 g/mol. The van der Waals surface area contributed by atoms with Gasteiger partial charge in [-0.3, -0.25) is 9.89 Å². The molecule has 0 unspecified atom stereocenters. The van der Waals surface area contributed by atoms with E-state index in [2.05, 4.69) is 26.5 Å². The van der Waals surface area contributed by atoms with Gasteiger partial charge in [-0.2, -0.15) is 10.1 Å². The minimum atomic E-state index is -0.258. The second-order valence-corrected chi connectivity index (χ2v) is 10.1. The summed E-state index contributed by atoms with van der Waals surface area (Å²) in [5.74, 6) is 2.96. The number of rotatable bonds is 6. The van der Waals surface area contributed by atoms with E-state index in [4.69, 9.17) is 9.97 Å². The number of nitrogens with one attached hydrogen (secondary N) is 2. The molecular formula is C27H33N7O. The second kappa shape index (κ2) is 9.32. The first kappa shape index (κ1) is 22.1. The van der Waals surface area contributed by atoms with Gasteiger partial charge >= 0.3 is 0 Å². The SMILES string of the molecule is CN(C(=O)[C@@H]1CCCN1c1nc2c(c(Nc3cc(C4CCCC4)[nH]n3)n1)CCC2)c1ccccc1. The number of hydrogen-bond acceptors (Lipinski definition) is 6. The summed E-state index contributed by atoms with van der Waals surface area (Å²) in [5.41, 5.74) is 4.39. The molecule has 8 nitrogen and oxygen atoms in total. The standard InChI is InChI=1S/C27H33N7O/c1-33(19-11-3-2-4-12-19)26(35)23-15-8-16-34(23)27-28-21-14-7-13-20(21)25(30-27)29-24-17-22(31-32-24)18-9-5-6-10-18/h2-4,11-12,17-18,23H,5-10,13-16H2,1H3,(H2,28,29,30,31,32)/t23-/m0/s1. The number of hydrogen-bond donors (Lipinski definition) is 2. The number of aryl methyl sites for hydroxylation is 1. The number of H-pyrrole nitrogens is 1. The summed E-state index contributed by atoms with van der Waals surface area (Å²) in [6, 6.07) is 11.7. The fourth-order valence-electron chi connectivity index (χ4n) is 5.88. The zero-order chi connectivity index (χ0) is 23.8. The molecule has 3 aliphatic rings. The van der Waals surface area contributed by atoms with E-state index in [9.17, 15) is 4.79 Å². The summed E-state index contributed by atoms with van der Waals surface area (Å²) in [4.78, 5) is 27.2. The van der Waals surface area contributed by atoms with Crippen molar-refractivity contribution in [2.75, 3.05) is 28.7 Å². The lowest BCUT2D eigenvalue weighted by Gasteiger charge is -2.28. The van der Waals surface area contributed by atoms with Gasteiger partial charge in [-0.15, -0.1) is 0 Å². The van der Waals surface area contributed by atoms with Crippen LogP contribution in [-0.2, 0) is 17.6 Å². The number of para-hydroxylation sites is 1. The normalized spacial score (nSPS) is 19.8. The molecule has 1 atom stereocenters. The molecule has 1 saturated carbocycles. The number of aromatic nitrogens is 4. The van der Waals surface area contributed by atoms with Crippen molar-refractivity contribution in [3.05, 3.63) is 53.3 Å². The van der Waals surface area contributed by atoms with Gasteiger partial charge in [0, 0.05) is 42.5 Å². The zero-order valence-corrected chi connectivity index (χ0v) is 20.3. The Kier molecular flexibility index (Phi) is 5.88. The molecular weight excluding hydrogens is 438 g/mol. The Morgan fingerprint density at radius 2 is 1.89 bits per heavy atom. The minimum Gasteiger partial charge on any atom is -0.329 e. The van der Waals surface area contributed by atoms with E-state index in [-0.39, 0.29) is 11.9 Å². The lowest BCUT2D eigenvalue weighted by molar-refractivity contribution is -0.119. The van der Waals surface area contributed by atoms with Gasteiger partial charge in [0.1, 0.15) is 11.9 Å². The van der Waals surface area contributed by atoms with Gasteiger partial charge < -0.3 is 15.1 Å². The van der Waals surface area contributed by atoms with E-state index in [1.165, 1.54) is 36.9 Å². The molecule has 1 aromatic carbocycles. The first-order valence-corrected chi connectivity index (χ1v) is 13.0. The van der Waals surface area contributed by atoms with Gasteiger partial charge in [0.2, 0.25) is 11.9 Å². The Hall–Kier alpha value is -3.42. The third-order valence-corrected chi connectivity index (χ3v) is 7.83. The number of aromatic amines is 1. The highest BCUT2D eigenvalue weighted by Crippen LogP contribution is 2.36. The zero-order valence-electron chi connectivity index (χ0n) is 20.3. The van der Waals surface area contributed by atoms with E-state index in [0.717, 1.165) is 61.7 Å². The molecule has 0 radical (unpaired) electrons. The molecule has 2 fully saturated rings. The molecule has 1 saturated heterocycles. The maximum atomic E-state index is 13.5. The Labute approximate surface area is 206 Å². The van der Waals surface area contributed by atoms with Gasteiger partial charge in [-0.25, -0.2) is 4.98 Å². The lowest BCUT2D eigenvalue weighted by Crippen LogP contribution is -2.45. The summed E-state index contributed by atoms with van der Waals surface area (Å²) in [6.45, 7) is 0.783. The quantitative estimate of drug-likeness (QED) is 0.541. The topological polar surface area (TPSA) is 90.0 Å². The molecule has 3 heterocycles. The largest absolute Gasteiger partial charge is 0.329 e. The van der Waals surface area contributed by atoms with Crippen molar-refractivity contribution in [1.82, 2.24) is 20.2 Å². The number of likely N-dealkylation sites (N-methyl/N-ethyl adjacent to an activating group) is 1. The van der Waals surface area contributed by atoms with Crippen molar-refractivity contribution in [3.8, 4) is 0 Å². The van der Waals surface area contributed by atoms with E-state index in [0.29, 0.717) is 11.9 Å². The second-order valence-electron chi connectivity index (χ2n) is 10.1. The third kappa shape index (κ3) is 4.26. The molecule has 1 aliphatic heterocycles. The van der Waals surface area contributed by atoms with Crippen LogP contribution in [0.2, 0.25) is 0 Å². The Balaban J connectivity index is 1.26. The molecule has 6 rings (SSSR count). The predicted molar refractivity (Wildman–Crippen MR) is 137 cm³/mol. The average Bonchev–Trinajstić information content (AvgIpc) is 3.69. The summed E-state index contributed by atoms with van der Waals surface area (Å²) in [6.07, 6.45) is 9.81. The number of benzene rings is 1. The van der Waals surface area contributed by atoms with Crippen molar-refractivity contribution >= 4 is 29.2 Å². The van der Waals surface area contributed by atoms with E-state index in [1.807, 2.05) is 37.4 Å². The molecule has 2 N–H and O–H groups in total. The molecule has 0 bridgehead atoms. The maximum absolute atomic E-state index is 13.5. The van der Waals surface area contributed by atoms with Crippen LogP contribution in [0.25, 0.3) is 0 Å². The Morgan fingerprint density at radius 3 is 2.71 bits per heavy atom. The van der Waals surface area contributed by atoms with Crippen LogP contribution < -0.4 is 15.1 Å². The third-order valence-electron chi connectivity index (χ3n) is 7.83. The van der Waals surface area contributed by atoms with Crippen molar-refractivity contribution in [2.24, 2.45) is 0 Å². The van der Waals surface area contributed by atoms with Crippen molar-refractivity contribution in [1.29, 1.82) is 0 Å². The number of fused-ring (bicyclic) bond motifs is 1. The highest BCUT2D eigenvalue weighted by Gasteiger charge is 2.36. The first-order chi connectivity index (χ1) is 17.2. The Bertz CT molecular complexity index is 1200. The molecule has 2 aliphatic carbocycles. The molecule has 1 amide bonds. The molecule has 35 heavy (non-hydrogen) atoms. The van der Waals surface area contributed by atoms with Crippen LogP contribution in [0.15, 0.2) is 36.4 Å². The number of nitrogens with zero attached hydrogens (tertiary/aromatic N) is 5. The number of carbonyl (C=O) groups is 1. The molecule has 2 aromatic heterocycles.